The SMILES string of the molecule is c1ccc(-c2cc(-n3cc(C4CC4)nn3)n(-c3ccccc3)n2)cc1. The summed E-state index contributed by atoms with van der Waals surface area (Å²) in [6.45, 7) is 0. The van der Waals surface area contributed by atoms with Gasteiger partial charge >= 0.3 is 0 Å². The Morgan fingerprint density at radius 1 is 0.880 bits per heavy atom. The van der Waals surface area contributed by atoms with Crippen molar-refractivity contribution in [1.29, 1.82) is 0 Å². The first-order valence-electron chi connectivity index (χ1n) is 8.52. The van der Waals surface area contributed by atoms with E-state index >= 15 is 0 Å². The molecule has 1 fully saturated rings. The Morgan fingerprint density at radius 2 is 1.60 bits per heavy atom. The van der Waals surface area contributed by atoms with Crippen LogP contribution < -0.4 is 0 Å². The van der Waals surface area contributed by atoms with E-state index in [1.165, 1.54) is 12.8 Å². The number of hydrogen-bond donors (Lipinski definition) is 0. The highest BCUT2D eigenvalue weighted by molar-refractivity contribution is 5.62. The second kappa shape index (κ2) is 5.70. The van der Waals surface area contributed by atoms with Gasteiger partial charge in [0.1, 0.15) is 0 Å². The molecule has 0 radical (unpaired) electrons. The summed E-state index contributed by atoms with van der Waals surface area (Å²) in [5.41, 5.74) is 4.08. The van der Waals surface area contributed by atoms with Crippen LogP contribution in [0.1, 0.15) is 24.5 Å². The lowest BCUT2D eigenvalue weighted by molar-refractivity contribution is 0.730. The molecule has 0 saturated heterocycles. The second-order valence-electron chi connectivity index (χ2n) is 6.36. The Hall–Kier alpha value is -3.21. The Morgan fingerprint density at radius 3 is 2.32 bits per heavy atom. The molecule has 0 N–H and O–H groups in total. The van der Waals surface area contributed by atoms with E-state index < -0.39 is 0 Å². The van der Waals surface area contributed by atoms with Gasteiger partial charge in [0.05, 0.1) is 23.3 Å². The number of rotatable bonds is 4. The van der Waals surface area contributed by atoms with Gasteiger partial charge in [-0.05, 0) is 25.0 Å². The molecule has 5 rings (SSSR count). The maximum absolute atomic E-state index is 4.82. The molecule has 2 heterocycles. The lowest BCUT2D eigenvalue weighted by Gasteiger charge is -2.06. The molecular formula is C20H17N5. The van der Waals surface area contributed by atoms with Crippen LogP contribution in [0.5, 0.6) is 0 Å². The second-order valence-corrected chi connectivity index (χ2v) is 6.36. The van der Waals surface area contributed by atoms with Crippen molar-refractivity contribution in [2.75, 3.05) is 0 Å². The van der Waals surface area contributed by atoms with Crippen molar-refractivity contribution in [3.63, 3.8) is 0 Å². The van der Waals surface area contributed by atoms with Crippen LogP contribution in [0.15, 0.2) is 72.9 Å². The quantitative estimate of drug-likeness (QED) is 0.569. The lowest BCUT2D eigenvalue weighted by atomic mass is 10.2. The Labute approximate surface area is 145 Å². The minimum Gasteiger partial charge on any atom is -0.215 e. The average molecular weight is 327 g/mol. The van der Waals surface area contributed by atoms with Crippen LogP contribution in [0.2, 0.25) is 0 Å². The third-order valence-electron chi connectivity index (χ3n) is 4.50. The van der Waals surface area contributed by atoms with Crippen molar-refractivity contribution in [3.05, 3.63) is 78.6 Å². The molecule has 122 valence electrons. The molecule has 1 saturated carbocycles. The van der Waals surface area contributed by atoms with Crippen LogP contribution in [-0.4, -0.2) is 24.8 Å². The van der Waals surface area contributed by atoms with Gasteiger partial charge in [-0.25, -0.2) is 9.36 Å². The summed E-state index contributed by atoms with van der Waals surface area (Å²) in [5, 5.41) is 13.5. The zero-order valence-electron chi connectivity index (χ0n) is 13.7. The van der Waals surface area contributed by atoms with E-state index in [2.05, 4.69) is 28.5 Å². The predicted molar refractivity (Wildman–Crippen MR) is 95.9 cm³/mol. The first kappa shape index (κ1) is 14.2. The summed E-state index contributed by atoms with van der Waals surface area (Å²) in [4.78, 5) is 0. The highest BCUT2D eigenvalue weighted by atomic mass is 15.5. The van der Waals surface area contributed by atoms with Gasteiger partial charge in [0.2, 0.25) is 0 Å². The van der Waals surface area contributed by atoms with Gasteiger partial charge in [-0.2, -0.15) is 5.10 Å². The number of nitrogens with zero attached hydrogens (tertiary/aromatic N) is 5. The van der Waals surface area contributed by atoms with E-state index in [1.807, 2.05) is 64.1 Å². The van der Waals surface area contributed by atoms with E-state index in [4.69, 9.17) is 5.10 Å². The van der Waals surface area contributed by atoms with Crippen LogP contribution in [0, 0.1) is 0 Å². The number of para-hydroxylation sites is 1. The van der Waals surface area contributed by atoms with Crippen molar-refractivity contribution in [2.45, 2.75) is 18.8 Å². The fourth-order valence-electron chi connectivity index (χ4n) is 3.00. The standard InChI is InChI=1S/C20H17N5/c1-3-7-15(8-4-1)18-13-20(24-14-19(21-23-24)16-11-12-16)25(22-18)17-9-5-2-6-10-17/h1-10,13-14,16H,11-12H2. The average Bonchev–Trinajstić information content (AvgIpc) is 3.24. The molecule has 5 nitrogen and oxygen atoms in total. The summed E-state index contributed by atoms with van der Waals surface area (Å²) < 4.78 is 3.76. The van der Waals surface area contributed by atoms with Crippen molar-refractivity contribution >= 4 is 0 Å². The zero-order valence-corrected chi connectivity index (χ0v) is 13.7. The molecule has 4 aromatic rings. The molecule has 0 spiro atoms. The molecule has 0 bridgehead atoms. The molecule has 1 aliphatic carbocycles. The number of benzene rings is 2. The van der Waals surface area contributed by atoms with Crippen LogP contribution >= 0.6 is 0 Å². The summed E-state index contributed by atoms with van der Waals surface area (Å²) >= 11 is 0. The summed E-state index contributed by atoms with van der Waals surface area (Å²) in [5.74, 6) is 1.47. The van der Waals surface area contributed by atoms with Crippen molar-refractivity contribution in [1.82, 2.24) is 24.8 Å². The van der Waals surface area contributed by atoms with E-state index in [0.717, 1.165) is 28.5 Å². The van der Waals surface area contributed by atoms with Gasteiger partial charge in [-0.15, -0.1) is 5.10 Å². The van der Waals surface area contributed by atoms with E-state index in [0.29, 0.717) is 5.92 Å². The molecule has 0 amide bonds. The molecule has 2 aromatic carbocycles. The third kappa shape index (κ3) is 2.63. The Bertz CT molecular complexity index is 997. The van der Waals surface area contributed by atoms with Gasteiger partial charge in [0.15, 0.2) is 5.82 Å². The third-order valence-corrected chi connectivity index (χ3v) is 4.50. The molecule has 1 aliphatic rings. The summed E-state index contributed by atoms with van der Waals surface area (Å²) in [6, 6.07) is 22.4. The largest absolute Gasteiger partial charge is 0.215 e. The normalized spacial score (nSPS) is 13.9. The van der Waals surface area contributed by atoms with Gasteiger partial charge in [0, 0.05) is 17.5 Å². The van der Waals surface area contributed by atoms with Crippen molar-refractivity contribution in [2.24, 2.45) is 0 Å². The van der Waals surface area contributed by atoms with E-state index in [-0.39, 0.29) is 0 Å². The topological polar surface area (TPSA) is 48.5 Å². The number of aromatic nitrogens is 5. The van der Waals surface area contributed by atoms with Gasteiger partial charge in [0.25, 0.3) is 0 Å². The summed E-state index contributed by atoms with van der Waals surface area (Å²) in [6.07, 6.45) is 4.46. The maximum Gasteiger partial charge on any atom is 0.159 e. The fourth-order valence-corrected chi connectivity index (χ4v) is 3.00. The fraction of sp³-hybridized carbons (Fsp3) is 0.150. The van der Waals surface area contributed by atoms with E-state index in [1.54, 1.807) is 0 Å². The molecule has 2 aromatic heterocycles. The van der Waals surface area contributed by atoms with Crippen LogP contribution in [-0.2, 0) is 0 Å². The minimum atomic E-state index is 0.579. The monoisotopic (exact) mass is 327 g/mol. The Kier molecular flexibility index (Phi) is 3.23. The molecular weight excluding hydrogens is 310 g/mol. The highest BCUT2D eigenvalue weighted by Crippen LogP contribution is 2.38. The lowest BCUT2D eigenvalue weighted by Crippen LogP contribution is -2.06. The molecule has 5 heteroatoms. The molecule has 0 unspecified atom stereocenters. The molecule has 0 aliphatic heterocycles. The molecule has 25 heavy (non-hydrogen) atoms. The first-order valence-corrected chi connectivity index (χ1v) is 8.52. The Balaban J connectivity index is 1.65. The first-order chi connectivity index (χ1) is 12.4. The van der Waals surface area contributed by atoms with E-state index in [9.17, 15) is 0 Å². The number of hydrogen-bond acceptors (Lipinski definition) is 3. The van der Waals surface area contributed by atoms with Crippen molar-refractivity contribution < 1.29 is 0 Å². The highest BCUT2D eigenvalue weighted by Gasteiger charge is 2.27. The van der Waals surface area contributed by atoms with Gasteiger partial charge in [-0.1, -0.05) is 53.7 Å². The minimum absolute atomic E-state index is 0.579. The molecule has 0 atom stereocenters. The smallest absolute Gasteiger partial charge is 0.159 e. The van der Waals surface area contributed by atoms with Crippen LogP contribution in [0.25, 0.3) is 22.8 Å². The van der Waals surface area contributed by atoms with Crippen LogP contribution in [0.3, 0.4) is 0 Å². The van der Waals surface area contributed by atoms with Gasteiger partial charge < -0.3 is 0 Å². The zero-order chi connectivity index (χ0) is 16.6. The van der Waals surface area contributed by atoms with Crippen molar-refractivity contribution in [3.8, 4) is 22.8 Å². The summed E-state index contributed by atoms with van der Waals surface area (Å²) in [7, 11) is 0. The van der Waals surface area contributed by atoms with Crippen LogP contribution in [0.4, 0.5) is 0 Å². The van der Waals surface area contributed by atoms with Gasteiger partial charge in [-0.3, -0.25) is 0 Å². The maximum atomic E-state index is 4.82. The predicted octanol–water partition coefficient (Wildman–Crippen LogP) is 4.00.